The van der Waals surface area contributed by atoms with Crippen molar-refractivity contribution in [1.82, 2.24) is 14.9 Å². The maximum absolute atomic E-state index is 14.3. The number of hydrogen-bond acceptors (Lipinski definition) is 9. The summed E-state index contributed by atoms with van der Waals surface area (Å²) in [4.78, 5) is 39.0. The molecule has 44 heavy (non-hydrogen) atoms. The van der Waals surface area contributed by atoms with Gasteiger partial charge in [0.15, 0.2) is 28.2 Å². The molecule has 2 amide bonds. The Kier molecular flexibility index (Phi) is 9.54. The zero-order valence-electron chi connectivity index (χ0n) is 25.2. The third-order valence-corrected chi connectivity index (χ3v) is 7.96. The van der Waals surface area contributed by atoms with Gasteiger partial charge in [-0.3, -0.25) is 9.59 Å². The molecule has 1 aromatic heterocycles. The van der Waals surface area contributed by atoms with E-state index in [4.69, 9.17) is 18.9 Å². The molecule has 4 aromatic rings. The van der Waals surface area contributed by atoms with Gasteiger partial charge < -0.3 is 29.2 Å². The number of rotatable bonds is 11. The van der Waals surface area contributed by atoms with Gasteiger partial charge in [0, 0.05) is 29.7 Å². The predicted octanol–water partition coefficient (Wildman–Crippen LogP) is 5.65. The van der Waals surface area contributed by atoms with Crippen molar-refractivity contribution < 1.29 is 28.5 Å². The Morgan fingerprint density at radius 2 is 1.64 bits per heavy atom. The number of hydrogen-bond donors (Lipinski definition) is 1. The molecule has 0 aliphatic carbocycles. The van der Waals surface area contributed by atoms with E-state index in [-0.39, 0.29) is 25.0 Å². The molecule has 1 aliphatic rings. The Morgan fingerprint density at radius 3 is 2.36 bits per heavy atom. The third-order valence-electron chi connectivity index (χ3n) is 7.13. The highest BCUT2D eigenvalue weighted by Gasteiger charge is 2.33. The van der Waals surface area contributed by atoms with Gasteiger partial charge in [-0.2, -0.15) is 0 Å². The molecular weight excluding hydrogens is 580 g/mol. The summed E-state index contributed by atoms with van der Waals surface area (Å²) >= 11 is 1.24. The Hall–Kier alpha value is -4.77. The van der Waals surface area contributed by atoms with Crippen molar-refractivity contribution >= 4 is 29.3 Å². The zero-order chi connectivity index (χ0) is 31.2. The summed E-state index contributed by atoms with van der Waals surface area (Å²) < 4.78 is 21.9. The van der Waals surface area contributed by atoms with Crippen LogP contribution in [0.3, 0.4) is 0 Å². The first-order chi connectivity index (χ1) is 21.2. The van der Waals surface area contributed by atoms with Crippen LogP contribution in [0.1, 0.15) is 34.1 Å². The van der Waals surface area contributed by atoms with E-state index in [1.807, 2.05) is 51.1 Å². The first kappa shape index (κ1) is 30.7. The normalized spacial score (nSPS) is 12.4. The minimum atomic E-state index is -1.03. The third kappa shape index (κ3) is 7.05. The van der Waals surface area contributed by atoms with E-state index in [0.717, 1.165) is 22.5 Å². The Balaban J connectivity index is 1.55. The van der Waals surface area contributed by atoms with Crippen LogP contribution < -0.4 is 24.3 Å². The average Bonchev–Trinajstić information content (AvgIpc) is 3.48. The molecule has 0 saturated heterocycles. The molecule has 1 unspecified atom stereocenters. The number of nitrogens with one attached hydrogen (secondary N) is 1. The number of ether oxygens (including phenoxy) is 4. The molecule has 228 valence electrons. The van der Waals surface area contributed by atoms with E-state index in [2.05, 4.69) is 15.3 Å². The minimum absolute atomic E-state index is 0.0237. The smallest absolute Gasteiger partial charge is 0.251 e. The number of fused-ring (bicyclic) bond motifs is 1. The second-order valence-electron chi connectivity index (χ2n) is 10.2. The van der Waals surface area contributed by atoms with Crippen LogP contribution in [0.15, 0.2) is 71.9 Å². The molecule has 5 rings (SSSR count). The lowest BCUT2D eigenvalue weighted by Crippen LogP contribution is -2.42. The summed E-state index contributed by atoms with van der Waals surface area (Å²) in [7, 11) is 3.07. The van der Waals surface area contributed by atoms with Crippen molar-refractivity contribution in [3.63, 3.8) is 0 Å². The second kappa shape index (κ2) is 13.7. The van der Waals surface area contributed by atoms with E-state index in [0.29, 0.717) is 39.4 Å². The molecular formula is C33H34N4O6S. The number of thioether (sulfide) groups is 1. The summed E-state index contributed by atoms with van der Waals surface area (Å²) in [6.45, 7) is 6.06. The van der Waals surface area contributed by atoms with Gasteiger partial charge in [-0.1, -0.05) is 42.1 Å². The molecule has 10 nitrogen and oxygen atoms in total. The fraction of sp³-hybridized carbons (Fsp3) is 0.273. The van der Waals surface area contributed by atoms with E-state index in [9.17, 15) is 9.59 Å². The van der Waals surface area contributed by atoms with Crippen molar-refractivity contribution in [2.24, 2.45) is 0 Å². The first-order valence-electron chi connectivity index (χ1n) is 14.0. The van der Waals surface area contributed by atoms with Crippen LogP contribution in [0.4, 0.5) is 5.69 Å². The van der Waals surface area contributed by atoms with E-state index in [1.165, 1.54) is 18.9 Å². The van der Waals surface area contributed by atoms with Gasteiger partial charge in [0.1, 0.15) is 6.04 Å². The standard InChI is InChI=1S/C33H34N4O6S/c1-20-8-6-7-9-24(20)17-37(30(38)18-44-33-34-21(2)14-22(3)35-33)31(23-10-12-26(40-4)28(15-23)41-5)32(39)36-25-11-13-27-29(16-25)43-19-42-27/h6-16,31H,17-19H2,1-5H3,(H,36,39). The van der Waals surface area contributed by atoms with Crippen molar-refractivity contribution in [1.29, 1.82) is 0 Å². The summed E-state index contributed by atoms with van der Waals surface area (Å²) in [5.74, 6) is 1.42. The number of carbonyl (C=O) groups is 2. The number of amides is 2. The topological polar surface area (TPSA) is 112 Å². The maximum atomic E-state index is 14.3. The summed E-state index contributed by atoms with van der Waals surface area (Å²) in [5, 5.41) is 3.49. The number of aromatic nitrogens is 2. The lowest BCUT2D eigenvalue weighted by atomic mass is 10.0. The van der Waals surface area contributed by atoms with E-state index < -0.39 is 11.9 Å². The number of carbonyl (C=O) groups excluding carboxylic acids is 2. The van der Waals surface area contributed by atoms with Crippen molar-refractivity contribution in [2.75, 3.05) is 32.1 Å². The van der Waals surface area contributed by atoms with E-state index in [1.54, 1.807) is 48.4 Å². The lowest BCUT2D eigenvalue weighted by molar-refractivity contribution is -0.137. The minimum Gasteiger partial charge on any atom is -0.493 e. The molecule has 11 heteroatoms. The van der Waals surface area contributed by atoms with Crippen molar-refractivity contribution in [2.45, 2.75) is 38.5 Å². The Bertz CT molecular complexity index is 1660. The molecule has 1 aliphatic heterocycles. The van der Waals surface area contributed by atoms with Gasteiger partial charge in [-0.15, -0.1) is 0 Å². The van der Waals surface area contributed by atoms with Crippen LogP contribution in [0.5, 0.6) is 23.0 Å². The number of benzene rings is 3. The molecule has 0 saturated carbocycles. The summed E-state index contributed by atoms with van der Waals surface area (Å²) in [6, 6.07) is 19.0. The number of anilines is 1. The van der Waals surface area contributed by atoms with Crippen LogP contribution in [0.25, 0.3) is 0 Å². The van der Waals surface area contributed by atoms with Crippen LogP contribution in [0.2, 0.25) is 0 Å². The summed E-state index contributed by atoms with van der Waals surface area (Å²) in [6.07, 6.45) is 0. The monoisotopic (exact) mass is 614 g/mol. The number of aryl methyl sites for hydroxylation is 3. The van der Waals surface area contributed by atoms with Crippen molar-refractivity contribution in [3.05, 3.63) is 94.8 Å². The Morgan fingerprint density at radius 1 is 0.909 bits per heavy atom. The van der Waals surface area contributed by atoms with Crippen LogP contribution >= 0.6 is 11.8 Å². The lowest BCUT2D eigenvalue weighted by Gasteiger charge is -2.32. The van der Waals surface area contributed by atoms with Crippen LogP contribution in [0, 0.1) is 20.8 Å². The maximum Gasteiger partial charge on any atom is 0.251 e. The van der Waals surface area contributed by atoms with Gasteiger partial charge in [0.2, 0.25) is 12.7 Å². The van der Waals surface area contributed by atoms with Gasteiger partial charge in [-0.05, 0) is 67.8 Å². The first-order valence-corrected chi connectivity index (χ1v) is 15.0. The summed E-state index contributed by atoms with van der Waals surface area (Å²) in [5.41, 5.74) is 4.60. The van der Waals surface area contributed by atoms with Gasteiger partial charge >= 0.3 is 0 Å². The van der Waals surface area contributed by atoms with E-state index >= 15 is 0 Å². The zero-order valence-corrected chi connectivity index (χ0v) is 26.1. The Labute approximate surface area is 260 Å². The molecule has 1 atom stereocenters. The van der Waals surface area contributed by atoms with Crippen molar-refractivity contribution in [3.8, 4) is 23.0 Å². The molecule has 2 heterocycles. The fourth-order valence-electron chi connectivity index (χ4n) is 4.94. The van der Waals surface area contributed by atoms with Gasteiger partial charge in [-0.25, -0.2) is 9.97 Å². The highest BCUT2D eigenvalue weighted by Crippen LogP contribution is 2.37. The highest BCUT2D eigenvalue weighted by molar-refractivity contribution is 7.99. The highest BCUT2D eigenvalue weighted by atomic mass is 32.2. The number of methoxy groups -OCH3 is 2. The predicted molar refractivity (Wildman–Crippen MR) is 167 cm³/mol. The molecule has 0 bridgehead atoms. The van der Waals surface area contributed by atoms with Gasteiger partial charge in [0.05, 0.1) is 20.0 Å². The van der Waals surface area contributed by atoms with Gasteiger partial charge in [0.25, 0.3) is 5.91 Å². The molecule has 0 fully saturated rings. The molecule has 1 N–H and O–H groups in total. The quantitative estimate of drug-likeness (QED) is 0.169. The number of nitrogens with zero attached hydrogens (tertiary/aromatic N) is 3. The fourth-order valence-corrected chi connectivity index (χ4v) is 5.78. The molecule has 0 spiro atoms. The van der Waals surface area contributed by atoms with Crippen LogP contribution in [-0.4, -0.2) is 53.4 Å². The SMILES string of the molecule is COc1ccc(C(C(=O)Nc2ccc3c(c2)OCO3)N(Cc2ccccc2C)C(=O)CSc2nc(C)cc(C)n2)cc1OC. The average molecular weight is 615 g/mol. The van der Waals surface area contributed by atoms with Crippen LogP contribution in [-0.2, 0) is 16.1 Å². The molecule has 0 radical (unpaired) electrons. The second-order valence-corrected chi connectivity index (χ2v) is 11.2. The molecule has 3 aromatic carbocycles. The largest absolute Gasteiger partial charge is 0.493 e.